The van der Waals surface area contributed by atoms with E-state index in [0.29, 0.717) is 5.56 Å². The summed E-state index contributed by atoms with van der Waals surface area (Å²) in [7, 11) is 0. The van der Waals surface area contributed by atoms with Crippen molar-refractivity contribution in [3.63, 3.8) is 0 Å². The van der Waals surface area contributed by atoms with Crippen LogP contribution in [0.4, 0.5) is 10.5 Å². The number of carbonyl (C=O) groups excluding carboxylic acids is 3. The maximum Gasteiger partial charge on any atom is 0.337 e. The van der Waals surface area contributed by atoms with Crippen LogP contribution in [-0.2, 0) is 9.59 Å². The van der Waals surface area contributed by atoms with Crippen molar-refractivity contribution in [2.75, 3.05) is 18.4 Å². The van der Waals surface area contributed by atoms with Gasteiger partial charge >= 0.3 is 12.0 Å². The molecule has 1 aliphatic heterocycles. The van der Waals surface area contributed by atoms with Crippen LogP contribution < -0.4 is 10.6 Å². The molecule has 8 nitrogen and oxygen atoms in total. The summed E-state index contributed by atoms with van der Waals surface area (Å²) >= 11 is 0. The van der Waals surface area contributed by atoms with Crippen molar-refractivity contribution in [2.24, 2.45) is 0 Å². The number of para-hydroxylation sites is 1. The lowest BCUT2D eigenvalue weighted by atomic mass is 10.1. The van der Waals surface area contributed by atoms with E-state index in [9.17, 15) is 19.2 Å². The number of urea groups is 1. The molecule has 0 radical (unpaired) electrons. The van der Waals surface area contributed by atoms with E-state index in [4.69, 9.17) is 5.11 Å². The SMILES string of the molecule is Cc1cccc(C(=O)O)c1NC(=O)N1CC(=O)NC(=O)C1. The van der Waals surface area contributed by atoms with Crippen LogP contribution in [0.5, 0.6) is 0 Å². The van der Waals surface area contributed by atoms with Crippen molar-refractivity contribution in [2.45, 2.75) is 6.92 Å². The molecule has 110 valence electrons. The molecule has 4 amide bonds. The Hall–Kier alpha value is -2.90. The summed E-state index contributed by atoms with van der Waals surface area (Å²) in [5.41, 5.74) is 0.653. The van der Waals surface area contributed by atoms with Gasteiger partial charge in [-0.3, -0.25) is 14.9 Å². The lowest BCUT2D eigenvalue weighted by Gasteiger charge is -2.26. The number of hydrogen-bond acceptors (Lipinski definition) is 4. The molecule has 0 atom stereocenters. The van der Waals surface area contributed by atoms with Crippen LogP contribution >= 0.6 is 0 Å². The highest BCUT2D eigenvalue weighted by molar-refractivity contribution is 6.06. The third kappa shape index (κ3) is 3.16. The van der Waals surface area contributed by atoms with E-state index in [2.05, 4.69) is 10.6 Å². The number of carboxylic acid groups (broad SMARTS) is 1. The lowest BCUT2D eigenvalue weighted by Crippen LogP contribution is -2.54. The second-order valence-electron chi connectivity index (χ2n) is 4.56. The van der Waals surface area contributed by atoms with Crippen LogP contribution in [0.3, 0.4) is 0 Å². The molecule has 1 saturated heterocycles. The Morgan fingerprint density at radius 1 is 1.24 bits per heavy atom. The normalized spacial score (nSPS) is 14.6. The van der Waals surface area contributed by atoms with Gasteiger partial charge in [-0.25, -0.2) is 9.59 Å². The first-order valence-electron chi connectivity index (χ1n) is 6.10. The van der Waals surface area contributed by atoms with Gasteiger partial charge in [0.15, 0.2) is 0 Å². The van der Waals surface area contributed by atoms with Crippen LogP contribution in [0.25, 0.3) is 0 Å². The third-order valence-electron chi connectivity index (χ3n) is 2.97. The number of amides is 4. The van der Waals surface area contributed by atoms with Crippen LogP contribution in [0.1, 0.15) is 15.9 Å². The zero-order valence-corrected chi connectivity index (χ0v) is 11.2. The van der Waals surface area contributed by atoms with E-state index < -0.39 is 23.8 Å². The zero-order valence-electron chi connectivity index (χ0n) is 11.2. The lowest BCUT2D eigenvalue weighted by molar-refractivity contribution is -0.134. The molecule has 1 aromatic carbocycles. The first-order valence-corrected chi connectivity index (χ1v) is 6.10. The standard InChI is InChI=1S/C13H13N3O5/c1-7-3-2-4-8(12(19)20)11(7)15-13(21)16-5-9(17)14-10(18)6-16/h2-4H,5-6H2,1H3,(H,15,21)(H,19,20)(H,14,17,18). The third-order valence-corrected chi connectivity index (χ3v) is 2.97. The summed E-state index contributed by atoms with van der Waals surface area (Å²) in [5, 5.41) is 13.6. The molecule has 1 fully saturated rings. The molecule has 1 aliphatic rings. The molecule has 1 aromatic rings. The average Bonchev–Trinajstić information content (AvgIpc) is 2.39. The van der Waals surface area contributed by atoms with Gasteiger partial charge in [-0.2, -0.15) is 0 Å². The van der Waals surface area contributed by atoms with Crippen molar-refractivity contribution in [3.05, 3.63) is 29.3 Å². The summed E-state index contributed by atoms with van der Waals surface area (Å²) in [6.07, 6.45) is 0. The Bertz CT molecular complexity index is 625. The fraction of sp³-hybridized carbons (Fsp3) is 0.231. The van der Waals surface area contributed by atoms with E-state index in [1.165, 1.54) is 6.07 Å². The summed E-state index contributed by atoms with van der Waals surface area (Å²) in [5.74, 6) is -2.34. The largest absolute Gasteiger partial charge is 0.478 e. The highest BCUT2D eigenvalue weighted by Gasteiger charge is 2.27. The highest BCUT2D eigenvalue weighted by atomic mass is 16.4. The number of anilines is 1. The number of aryl methyl sites for hydroxylation is 1. The Morgan fingerprint density at radius 3 is 2.43 bits per heavy atom. The van der Waals surface area contributed by atoms with E-state index in [-0.39, 0.29) is 24.3 Å². The molecule has 8 heteroatoms. The minimum Gasteiger partial charge on any atom is -0.478 e. The number of nitrogens with one attached hydrogen (secondary N) is 2. The summed E-state index contributed by atoms with van der Waals surface area (Å²) < 4.78 is 0. The second-order valence-corrected chi connectivity index (χ2v) is 4.56. The van der Waals surface area contributed by atoms with E-state index in [1.807, 2.05) is 0 Å². The molecule has 0 bridgehead atoms. The Morgan fingerprint density at radius 2 is 1.86 bits per heavy atom. The van der Waals surface area contributed by atoms with E-state index in [0.717, 1.165) is 4.90 Å². The van der Waals surface area contributed by atoms with Crippen LogP contribution in [0.2, 0.25) is 0 Å². The zero-order chi connectivity index (χ0) is 15.6. The van der Waals surface area contributed by atoms with Gasteiger partial charge in [0, 0.05) is 0 Å². The Labute approximate surface area is 119 Å². The second kappa shape index (κ2) is 5.61. The number of rotatable bonds is 2. The summed E-state index contributed by atoms with van der Waals surface area (Å²) in [6, 6.07) is 3.87. The van der Waals surface area contributed by atoms with Gasteiger partial charge in [0.1, 0.15) is 13.1 Å². The Balaban J connectivity index is 2.22. The summed E-state index contributed by atoms with van der Waals surface area (Å²) in [4.78, 5) is 46.7. The average molecular weight is 291 g/mol. The van der Waals surface area contributed by atoms with Gasteiger partial charge in [-0.15, -0.1) is 0 Å². The smallest absolute Gasteiger partial charge is 0.337 e. The molecule has 21 heavy (non-hydrogen) atoms. The van der Waals surface area contributed by atoms with Crippen molar-refractivity contribution < 1.29 is 24.3 Å². The molecule has 0 spiro atoms. The monoisotopic (exact) mass is 291 g/mol. The predicted octanol–water partition coefficient (Wildman–Crippen LogP) is 0.184. The van der Waals surface area contributed by atoms with Crippen molar-refractivity contribution in [1.29, 1.82) is 0 Å². The number of imide groups is 1. The first-order chi connectivity index (χ1) is 9.88. The minimum atomic E-state index is -1.18. The number of piperazine rings is 1. The number of hydrogen-bond donors (Lipinski definition) is 3. The Kier molecular flexibility index (Phi) is 3.88. The first kappa shape index (κ1) is 14.5. The van der Waals surface area contributed by atoms with Crippen molar-refractivity contribution in [1.82, 2.24) is 10.2 Å². The fourth-order valence-electron chi connectivity index (χ4n) is 1.98. The van der Waals surface area contributed by atoms with Crippen molar-refractivity contribution >= 4 is 29.5 Å². The topological polar surface area (TPSA) is 116 Å². The summed E-state index contributed by atoms with van der Waals surface area (Å²) in [6.45, 7) is 1.13. The van der Waals surface area contributed by atoms with E-state index in [1.54, 1.807) is 19.1 Å². The predicted molar refractivity (Wildman–Crippen MR) is 71.9 cm³/mol. The number of carboxylic acids is 1. The van der Waals surface area contributed by atoms with Gasteiger partial charge in [0.2, 0.25) is 11.8 Å². The fourth-order valence-corrected chi connectivity index (χ4v) is 1.98. The van der Waals surface area contributed by atoms with Gasteiger partial charge < -0.3 is 15.3 Å². The molecular formula is C13H13N3O5. The molecule has 0 saturated carbocycles. The molecule has 0 aromatic heterocycles. The molecule has 2 rings (SSSR count). The maximum atomic E-state index is 12.1. The molecule has 0 unspecified atom stereocenters. The molecule has 0 aliphatic carbocycles. The van der Waals surface area contributed by atoms with Crippen LogP contribution in [0, 0.1) is 6.92 Å². The van der Waals surface area contributed by atoms with Gasteiger partial charge in [-0.05, 0) is 18.6 Å². The highest BCUT2D eigenvalue weighted by Crippen LogP contribution is 2.21. The minimum absolute atomic E-state index is 0.0591. The van der Waals surface area contributed by atoms with Crippen LogP contribution in [-0.4, -0.2) is 46.9 Å². The van der Waals surface area contributed by atoms with Gasteiger partial charge in [0.05, 0.1) is 11.3 Å². The quantitative estimate of drug-likeness (QED) is 0.672. The molecular weight excluding hydrogens is 278 g/mol. The molecule has 3 N–H and O–H groups in total. The maximum absolute atomic E-state index is 12.1. The van der Waals surface area contributed by atoms with E-state index >= 15 is 0 Å². The number of benzene rings is 1. The number of aromatic carboxylic acids is 1. The van der Waals surface area contributed by atoms with Crippen LogP contribution in [0.15, 0.2) is 18.2 Å². The number of nitrogens with zero attached hydrogens (tertiary/aromatic N) is 1. The van der Waals surface area contributed by atoms with Gasteiger partial charge in [-0.1, -0.05) is 12.1 Å². The van der Waals surface area contributed by atoms with Crippen molar-refractivity contribution in [3.8, 4) is 0 Å². The molecule has 1 heterocycles. The number of carbonyl (C=O) groups is 4. The van der Waals surface area contributed by atoms with Gasteiger partial charge in [0.25, 0.3) is 0 Å².